The highest BCUT2D eigenvalue weighted by molar-refractivity contribution is 5.48. The summed E-state index contributed by atoms with van der Waals surface area (Å²) in [5.41, 5.74) is 3.45. The van der Waals surface area contributed by atoms with Crippen LogP contribution in [0.1, 0.15) is 147 Å². The van der Waals surface area contributed by atoms with Crippen LogP contribution in [-0.4, -0.2) is 15.0 Å². The summed E-state index contributed by atoms with van der Waals surface area (Å²) in [5, 5.41) is 0. The molecule has 0 aliphatic rings. The van der Waals surface area contributed by atoms with E-state index in [-0.39, 0.29) is 0 Å². The molecule has 0 fully saturated rings. The Labute approximate surface area is 217 Å². The van der Waals surface area contributed by atoms with Gasteiger partial charge in [0.05, 0.1) is 0 Å². The van der Waals surface area contributed by atoms with Crippen LogP contribution in [0.4, 0.5) is 0 Å². The van der Waals surface area contributed by atoms with E-state index in [0.29, 0.717) is 0 Å². The highest BCUT2D eigenvalue weighted by Crippen LogP contribution is 2.16. The van der Waals surface area contributed by atoms with Crippen LogP contribution in [0.2, 0.25) is 0 Å². The molecule has 2 aromatic heterocycles. The molecule has 0 spiro atoms. The van der Waals surface area contributed by atoms with Gasteiger partial charge in [0.15, 0.2) is 5.82 Å². The molecular formula is C32H53N3. The summed E-state index contributed by atoms with van der Waals surface area (Å²) in [6.07, 6.45) is 34.3. The van der Waals surface area contributed by atoms with Crippen LogP contribution in [0, 0.1) is 0 Å². The van der Waals surface area contributed by atoms with Crippen LogP contribution in [0.5, 0.6) is 0 Å². The predicted octanol–water partition coefficient (Wildman–Crippen LogP) is 10.1. The zero-order valence-electron chi connectivity index (χ0n) is 23.1. The molecule has 3 nitrogen and oxygen atoms in total. The molecule has 0 amide bonds. The third-order valence-electron chi connectivity index (χ3n) is 7.15. The van der Waals surface area contributed by atoms with Gasteiger partial charge in [0.1, 0.15) is 5.69 Å². The summed E-state index contributed by atoms with van der Waals surface area (Å²) in [7, 11) is 0. The average molecular weight is 480 g/mol. The number of rotatable bonds is 22. The Kier molecular flexibility index (Phi) is 17.2. The van der Waals surface area contributed by atoms with Crippen molar-refractivity contribution in [3.05, 3.63) is 41.9 Å². The minimum absolute atomic E-state index is 0.742. The summed E-state index contributed by atoms with van der Waals surface area (Å²) in [6, 6.07) is 4.29. The van der Waals surface area contributed by atoms with E-state index < -0.39 is 0 Å². The van der Waals surface area contributed by atoms with Crippen molar-refractivity contribution in [1.29, 1.82) is 0 Å². The van der Waals surface area contributed by atoms with Gasteiger partial charge in [-0.3, -0.25) is 4.98 Å². The summed E-state index contributed by atoms with van der Waals surface area (Å²) in [4.78, 5) is 13.8. The van der Waals surface area contributed by atoms with E-state index in [9.17, 15) is 0 Å². The zero-order chi connectivity index (χ0) is 24.8. The first-order valence-corrected chi connectivity index (χ1v) is 15.1. The quantitative estimate of drug-likeness (QED) is 0.158. The highest BCUT2D eigenvalue weighted by atomic mass is 14.9. The second kappa shape index (κ2) is 20.4. The molecule has 0 N–H and O–H groups in total. The van der Waals surface area contributed by atoms with E-state index in [1.807, 2.05) is 18.6 Å². The molecule has 2 heterocycles. The number of nitrogens with zero attached hydrogens (tertiary/aromatic N) is 3. The molecule has 3 heteroatoms. The smallest absolute Gasteiger partial charge is 0.178 e. The first-order valence-electron chi connectivity index (χ1n) is 15.1. The standard InChI is InChI=1S/C32H53N3/c1-3-5-7-9-11-13-15-16-18-20-22-29-24-25-31(33-26-29)32-34-27-30(28-35-32)23-21-19-17-14-12-10-8-6-4-2/h24-28H,3-23H2,1-2H3. The highest BCUT2D eigenvalue weighted by Gasteiger charge is 2.04. The van der Waals surface area contributed by atoms with E-state index in [1.54, 1.807) is 0 Å². The van der Waals surface area contributed by atoms with Crippen LogP contribution in [0.25, 0.3) is 11.5 Å². The minimum atomic E-state index is 0.742. The molecule has 0 bridgehead atoms. The van der Waals surface area contributed by atoms with Gasteiger partial charge in [0.25, 0.3) is 0 Å². The molecule has 0 saturated carbocycles. The number of aromatic nitrogens is 3. The molecular weight excluding hydrogens is 426 g/mol. The number of hydrogen-bond acceptors (Lipinski definition) is 3. The molecule has 0 aliphatic carbocycles. The van der Waals surface area contributed by atoms with Gasteiger partial charge in [-0.2, -0.15) is 0 Å². The Hall–Kier alpha value is -1.77. The molecule has 0 radical (unpaired) electrons. The molecule has 0 unspecified atom stereocenters. The van der Waals surface area contributed by atoms with E-state index in [2.05, 4.69) is 40.9 Å². The fraction of sp³-hybridized carbons (Fsp3) is 0.719. The second-order valence-corrected chi connectivity index (χ2v) is 10.5. The maximum atomic E-state index is 4.64. The van der Waals surface area contributed by atoms with E-state index in [1.165, 1.54) is 133 Å². The Morgan fingerprint density at radius 2 is 0.829 bits per heavy atom. The van der Waals surface area contributed by atoms with Gasteiger partial charge < -0.3 is 0 Å². The van der Waals surface area contributed by atoms with Crippen LogP contribution in [0.3, 0.4) is 0 Å². The van der Waals surface area contributed by atoms with Gasteiger partial charge in [0.2, 0.25) is 0 Å². The lowest BCUT2D eigenvalue weighted by atomic mass is 10.0. The lowest BCUT2D eigenvalue weighted by Crippen LogP contribution is -1.96. The Morgan fingerprint density at radius 3 is 1.26 bits per heavy atom. The SMILES string of the molecule is CCCCCCCCCCCCc1ccc(-c2ncc(CCCCCCCCCCC)cn2)nc1. The number of pyridine rings is 1. The van der Waals surface area contributed by atoms with Gasteiger partial charge in [-0.15, -0.1) is 0 Å². The van der Waals surface area contributed by atoms with Gasteiger partial charge in [0, 0.05) is 18.6 Å². The summed E-state index contributed by atoms with van der Waals surface area (Å²) < 4.78 is 0. The number of unbranched alkanes of at least 4 members (excludes halogenated alkanes) is 17. The summed E-state index contributed by atoms with van der Waals surface area (Å²) in [6.45, 7) is 4.57. The number of aryl methyl sites for hydroxylation is 2. The molecule has 0 aromatic carbocycles. The second-order valence-electron chi connectivity index (χ2n) is 10.5. The van der Waals surface area contributed by atoms with Crippen LogP contribution in [0.15, 0.2) is 30.7 Å². The van der Waals surface area contributed by atoms with Crippen molar-refractivity contribution < 1.29 is 0 Å². The molecule has 2 aromatic rings. The van der Waals surface area contributed by atoms with E-state index in [4.69, 9.17) is 0 Å². The van der Waals surface area contributed by atoms with Crippen molar-refractivity contribution >= 4 is 0 Å². The van der Waals surface area contributed by atoms with Crippen molar-refractivity contribution in [3.63, 3.8) is 0 Å². The van der Waals surface area contributed by atoms with Gasteiger partial charge in [-0.1, -0.05) is 129 Å². The van der Waals surface area contributed by atoms with Gasteiger partial charge in [-0.25, -0.2) is 9.97 Å². The van der Waals surface area contributed by atoms with Crippen molar-refractivity contribution in [2.75, 3.05) is 0 Å². The van der Waals surface area contributed by atoms with Crippen molar-refractivity contribution in [3.8, 4) is 11.5 Å². The lowest BCUT2D eigenvalue weighted by molar-refractivity contribution is 0.556. The first-order chi connectivity index (χ1) is 17.3. The van der Waals surface area contributed by atoms with Gasteiger partial charge >= 0.3 is 0 Å². The van der Waals surface area contributed by atoms with Crippen LogP contribution in [-0.2, 0) is 12.8 Å². The Bertz CT molecular complexity index is 723. The Morgan fingerprint density at radius 1 is 0.429 bits per heavy atom. The third kappa shape index (κ3) is 14.4. The van der Waals surface area contributed by atoms with Crippen molar-refractivity contribution in [2.24, 2.45) is 0 Å². The monoisotopic (exact) mass is 479 g/mol. The summed E-state index contributed by atoms with van der Waals surface area (Å²) in [5.74, 6) is 0.742. The molecule has 0 saturated heterocycles. The molecule has 35 heavy (non-hydrogen) atoms. The topological polar surface area (TPSA) is 38.7 Å². The maximum Gasteiger partial charge on any atom is 0.178 e. The lowest BCUT2D eigenvalue weighted by Gasteiger charge is -2.05. The predicted molar refractivity (Wildman–Crippen MR) is 152 cm³/mol. The minimum Gasteiger partial charge on any atom is -0.253 e. The van der Waals surface area contributed by atoms with Crippen molar-refractivity contribution in [1.82, 2.24) is 15.0 Å². The molecule has 0 aliphatic heterocycles. The van der Waals surface area contributed by atoms with Gasteiger partial charge in [-0.05, 0) is 42.9 Å². The fourth-order valence-corrected chi connectivity index (χ4v) is 4.78. The molecule has 2 rings (SSSR count). The Balaban J connectivity index is 1.55. The largest absolute Gasteiger partial charge is 0.253 e. The normalized spacial score (nSPS) is 11.3. The van der Waals surface area contributed by atoms with Crippen LogP contribution < -0.4 is 0 Å². The first kappa shape index (κ1) is 29.5. The zero-order valence-corrected chi connectivity index (χ0v) is 23.1. The molecule has 196 valence electrons. The molecule has 0 atom stereocenters. The third-order valence-corrected chi connectivity index (χ3v) is 7.15. The maximum absolute atomic E-state index is 4.64. The van der Waals surface area contributed by atoms with Crippen LogP contribution >= 0.6 is 0 Å². The fourth-order valence-electron chi connectivity index (χ4n) is 4.78. The van der Waals surface area contributed by atoms with E-state index >= 15 is 0 Å². The average Bonchev–Trinajstić information content (AvgIpc) is 2.89. The van der Waals surface area contributed by atoms with E-state index in [0.717, 1.165) is 24.4 Å². The number of hydrogen-bond donors (Lipinski definition) is 0. The summed E-state index contributed by atoms with van der Waals surface area (Å²) >= 11 is 0. The van der Waals surface area contributed by atoms with Crippen molar-refractivity contribution in [2.45, 2.75) is 149 Å².